The van der Waals surface area contributed by atoms with Crippen LogP contribution in [-0.4, -0.2) is 66.4 Å². The van der Waals surface area contributed by atoms with Crippen molar-refractivity contribution in [1.29, 1.82) is 0 Å². The van der Waals surface area contributed by atoms with Crippen LogP contribution < -0.4 is 9.47 Å². The molecule has 6 heteroatoms. The van der Waals surface area contributed by atoms with Crippen molar-refractivity contribution in [3.8, 4) is 11.5 Å². The highest BCUT2D eigenvalue weighted by Gasteiger charge is 2.34. The SMILES string of the molecule is Cc1cc(OC[C@@]2(O)CCCN(Cc3cccc(OCCCN4CCCCC4)c3)C2)cc(C)c1Cl. The van der Waals surface area contributed by atoms with Gasteiger partial charge in [-0.05, 0) is 107 Å². The number of ether oxygens (including phenoxy) is 2. The van der Waals surface area contributed by atoms with E-state index < -0.39 is 5.60 Å². The summed E-state index contributed by atoms with van der Waals surface area (Å²) in [5.74, 6) is 1.70. The molecule has 2 saturated heterocycles. The molecule has 0 saturated carbocycles. The maximum Gasteiger partial charge on any atom is 0.120 e. The fourth-order valence-corrected chi connectivity index (χ4v) is 5.43. The van der Waals surface area contributed by atoms with Crippen molar-refractivity contribution < 1.29 is 14.6 Å². The normalized spacial score (nSPS) is 21.7. The number of aliphatic hydroxyl groups is 1. The van der Waals surface area contributed by atoms with Gasteiger partial charge >= 0.3 is 0 Å². The van der Waals surface area contributed by atoms with Crippen molar-refractivity contribution in [3.05, 3.63) is 58.1 Å². The quantitative estimate of drug-likeness (QED) is 0.429. The minimum atomic E-state index is -0.859. The van der Waals surface area contributed by atoms with E-state index in [0.29, 0.717) is 6.54 Å². The number of aryl methyl sites for hydroxylation is 2. The van der Waals surface area contributed by atoms with Crippen molar-refractivity contribution in [3.63, 3.8) is 0 Å². The Morgan fingerprint density at radius 3 is 2.43 bits per heavy atom. The molecule has 2 aliphatic rings. The topological polar surface area (TPSA) is 45.2 Å². The van der Waals surface area contributed by atoms with Crippen LogP contribution in [0, 0.1) is 13.8 Å². The molecule has 0 aliphatic carbocycles. The average molecular weight is 501 g/mol. The lowest BCUT2D eigenvalue weighted by Crippen LogP contribution is -2.51. The number of benzene rings is 2. The van der Waals surface area contributed by atoms with Gasteiger partial charge in [0, 0.05) is 24.7 Å². The third-order valence-corrected chi connectivity index (χ3v) is 7.79. The predicted octanol–water partition coefficient (Wildman–Crippen LogP) is 5.62. The number of halogens is 1. The number of piperidine rings is 2. The second kappa shape index (κ2) is 12.4. The fourth-order valence-electron chi connectivity index (χ4n) is 5.32. The Labute approximate surface area is 216 Å². The number of nitrogens with zero attached hydrogens (tertiary/aromatic N) is 2. The van der Waals surface area contributed by atoms with Gasteiger partial charge in [-0.1, -0.05) is 30.2 Å². The Hall–Kier alpha value is -1.79. The first-order valence-electron chi connectivity index (χ1n) is 13.2. The highest BCUT2D eigenvalue weighted by atomic mass is 35.5. The molecule has 2 aliphatic heterocycles. The number of hydrogen-bond donors (Lipinski definition) is 1. The smallest absolute Gasteiger partial charge is 0.120 e. The van der Waals surface area contributed by atoms with Crippen molar-refractivity contribution in [2.45, 2.75) is 64.5 Å². The van der Waals surface area contributed by atoms with Gasteiger partial charge in [0.15, 0.2) is 0 Å². The van der Waals surface area contributed by atoms with Gasteiger partial charge in [-0.3, -0.25) is 4.90 Å². The van der Waals surface area contributed by atoms with Gasteiger partial charge < -0.3 is 19.5 Å². The molecule has 5 nitrogen and oxygen atoms in total. The van der Waals surface area contributed by atoms with Crippen LogP contribution in [-0.2, 0) is 6.54 Å². The Kier molecular flexibility index (Phi) is 9.34. The summed E-state index contributed by atoms with van der Waals surface area (Å²) in [6.07, 6.45) is 6.81. The first-order chi connectivity index (χ1) is 16.9. The van der Waals surface area contributed by atoms with Crippen LogP contribution in [0.2, 0.25) is 5.02 Å². The lowest BCUT2D eigenvalue weighted by atomic mass is 9.93. The number of rotatable bonds is 10. The van der Waals surface area contributed by atoms with E-state index in [4.69, 9.17) is 21.1 Å². The van der Waals surface area contributed by atoms with Crippen LogP contribution in [0.3, 0.4) is 0 Å². The van der Waals surface area contributed by atoms with E-state index in [-0.39, 0.29) is 6.61 Å². The van der Waals surface area contributed by atoms with Gasteiger partial charge in [-0.25, -0.2) is 0 Å². The minimum Gasteiger partial charge on any atom is -0.494 e. The molecule has 2 aromatic rings. The zero-order valence-corrected chi connectivity index (χ0v) is 22.2. The molecule has 192 valence electrons. The lowest BCUT2D eigenvalue weighted by Gasteiger charge is -2.39. The fraction of sp³-hybridized carbons (Fsp3) is 0.586. The van der Waals surface area contributed by atoms with Crippen LogP contribution in [0.4, 0.5) is 0 Å². The molecule has 0 unspecified atom stereocenters. The third-order valence-electron chi connectivity index (χ3n) is 7.19. The zero-order chi connectivity index (χ0) is 24.7. The van der Waals surface area contributed by atoms with Gasteiger partial charge in [0.1, 0.15) is 23.7 Å². The molecular formula is C29H41ClN2O3. The summed E-state index contributed by atoms with van der Waals surface area (Å²) < 4.78 is 12.1. The first-order valence-corrected chi connectivity index (χ1v) is 13.6. The molecule has 0 radical (unpaired) electrons. The molecule has 0 amide bonds. The summed E-state index contributed by atoms with van der Waals surface area (Å²) in [7, 11) is 0. The summed E-state index contributed by atoms with van der Waals surface area (Å²) in [6, 6.07) is 12.3. The summed E-state index contributed by atoms with van der Waals surface area (Å²) in [4.78, 5) is 4.88. The highest BCUT2D eigenvalue weighted by Crippen LogP contribution is 2.28. The Balaban J connectivity index is 1.25. The van der Waals surface area contributed by atoms with E-state index in [9.17, 15) is 5.11 Å². The molecule has 4 rings (SSSR count). The number of hydrogen-bond acceptors (Lipinski definition) is 5. The van der Waals surface area contributed by atoms with Crippen molar-refractivity contribution in [2.24, 2.45) is 0 Å². The summed E-state index contributed by atoms with van der Waals surface area (Å²) in [5, 5.41) is 12.0. The number of likely N-dealkylation sites (tertiary alicyclic amines) is 2. The molecule has 2 fully saturated rings. The van der Waals surface area contributed by atoms with E-state index in [2.05, 4.69) is 28.0 Å². The van der Waals surface area contributed by atoms with Crippen LogP contribution in [0.25, 0.3) is 0 Å². The van der Waals surface area contributed by atoms with Gasteiger partial charge in [0.05, 0.1) is 6.61 Å². The monoisotopic (exact) mass is 500 g/mol. The molecule has 0 bridgehead atoms. The minimum absolute atomic E-state index is 0.282. The van der Waals surface area contributed by atoms with Gasteiger partial charge in [-0.2, -0.15) is 0 Å². The van der Waals surface area contributed by atoms with Crippen LogP contribution >= 0.6 is 11.6 Å². The van der Waals surface area contributed by atoms with Crippen molar-refractivity contribution in [1.82, 2.24) is 9.80 Å². The predicted molar refractivity (Wildman–Crippen MR) is 143 cm³/mol. The average Bonchev–Trinajstić information content (AvgIpc) is 2.85. The van der Waals surface area contributed by atoms with Gasteiger partial charge in [0.25, 0.3) is 0 Å². The Bertz CT molecular complexity index is 940. The molecule has 1 atom stereocenters. The Morgan fingerprint density at radius 1 is 0.914 bits per heavy atom. The van der Waals surface area contributed by atoms with E-state index >= 15 is 0 Å². The third kappa shape index (κ3) is 7.85. The highest BCUT2D eigenvalue weighted by molar-refractivity contribution is 6.32. The largest absolute Gasteiger partial charge is 0.494 e. The molecule has 1 N–H and O–H groups in total. The molecular weight excluding hydrogens is 460 g/mol. The van der Waals surface area contributed by atoms with Crippen LogP contribution in [0.1, 0.15) is 55.2 Å². The lowest BCUT2D eigenvalue weighted by molar-refractivity contribution is -0.0621. The molecule has 35 heavy (non-hydrogen) atoms. The second-order valence-corrected chi connectivity index (χ2v) is 10.8. The van der Waals surface area contributed by atoms with Crippen LogP contribution in [0.5, 0.6) is 11.5 Å². The molecule has 0 spiro atoms. The van der Waals surface area contributed by atoms with E-state index in [1.165, 1.54) is 37.9 Å². The summed E-state index contributed by atoms with van der Waals surface area (Å²) >= 11 is 6.28. The van der Waals surface area contributed by atoms with Crippen LogP contribution in [0.15, 0.2) is 36.4 Å². The molecule has 0 aromatic heterocycles. The van der Waals surface area contributed by atoms with E-state index in [0.717, 1.165) is 73.2 Å². The first kappa shape index (κ1) is 26.3. The van der Waals surface area contributed by atoms with Crippen molar-refractivity contribution in [2.75, 3.05) is 45.9 Å². The van der Waals surface area contributed by atoms with E-state index in [1.54, 1.807) is 0 Å². The Morgan fingerprint density at radius 2 is 1.66 bits per heavy atom. The van der Waals surface area contributed by atoms with E-state index in [1.807, 2.05) is 32.0 Å². The molecule has 2 aromatic carbocycles. The maximum atomic E-state index is 11.3. The summed E-state index contributed by atoms with van der Waals surface area (Å²) in [6.45, 7) is 11.0. The second-order valence-electron chi connectivity index (χ2n) is 10.4. The molecule has 2 heterocycles. The number of β-amino-alcohol motifs (C(OH)–C–C–N with tert-alkyl or cyclic N) is 1. The summed E-state index contributed by atoms with van der Waals surface area (Å²) in [5.41, 5.74) is 2.34. The van der Waals surface area contributed by atoms with Crippen molar-refractivity contribution >= 4 is 11.6 Å². The zero-order valence-electron chi connectivity index (χ0n) is 21.4. The van der Waals surface area contributed by atoms with Gasteiger partial charge in [0.2, 0.25) is 0 Å². The maximum absolute atomic E-state index is 11.3. The van der Waals surface area contributed by atoms with Gasteiger partial charge in [-0.15, -0.1) is 0 Å². The standard InChI is InChI=1S/C29H41ClN2O3/c1-23-17-27(18-24(2)28(23)30)35-22-29(33)11-7-14-32(21-29)20-25-9-6-10-26(19-25)34-16-8-15-31-12-4-3-5-13-31/h6,9-10,17-19,33H,3-5,7-8,11-16,20-22H2,1-2H3/t29-/m1/s1.